The molecule has 0 aliphatic carbocycles. The zero-order valence-electron chi connectivity index (χ0n) is 26.8. The van der Waals surface area contributed by atoms with Crippen molar-refractivity contribution in [3.8, 4) is 0 Å². The average Bonchev–Trinajstić information content (AvgIpc) is 2.76. The van der Waals surface area contributed by atoms with Crippen LogP contribution in [0.25, 0.3) is 0 Å². The lowest BCUT2D eigenvalue weighted by molar-refractivity contribution is 1.35. The molecule has 0 aliphatic heterocycles. The molecule has 0 atom stereocenters. The molecule has 5 heteroatoms. The summed E-state index contributed by atoms with van der Waals surface area (Å²) in [7, 11) is -7.56. The summed E-state index contributed by atoms with van der Waals surface area (Å²) in [6.45, 7) is 36.0. The molecule has 0 fully saturated rings. The lowest BCUT2D eigenvalue weighted by Crippen LogP contribution is -2.67. The second-order valence-corrected chi connectivity index (χ2v) is 34.7. The van der Waals surface area contributed by atoms with Gasteiger partial charge in [-0.2, -0.15) is 0 Å². The van der Waals surface area contributed by atoms with Crippen molar-refractivity contribution in [3.05, 3.63) is 69.8 Å². The fourth-order valence-electron chi connectivity index (χ4n) is 5.39. The molecule has 38 heavy (non-hydrogen) atoms. The van der Waals surface area contributed by atoms with Crippen molar-refractivity contribution in [2.75, 3.05) is 0 Å². The maximum atomic E-state index is 8.50. The third-order valence-electron chi connectivity index (χ3n) is 8.71. The Hall–Kier alpha value is -1.18. The van der Waals surface area contributed by atoms with Gasteiger partial charge < -0.3 is 0 Å². The second-order valence-electron chi connectivity index (χ2n) is 14.8. The minimum absolute atomic E-state index is 1.37. The highest BCUT2D eigenvalue weighted by Gasteiger charge is 2.44. The maximum absolute atomic E-state index is 8.50. The van der Waals surface area contributed by atoms with E-state index < -0.39 is 31.6 Å². The van der Waals surface area contributed by atoms with Gasteiger partial charge in [0.1, 0.15) is 0 Å². The van der Waals surface area contributed by atoms with Crippen LogP contribution in [-0.2, 0) is 0 Å². The minimum atomic E-state index is -2.90. The number of aryl methyl sites for hydroxylation is 3. The third-order valence-corrected chi connectivity index (χ3v) is 20.4. The lowest BCUT2D eigenvalue weighted by atomic mass is 10.1. The van der Waals surface area contributed by atoms with E-state index in [9.17, 15) is 0 Å². The molecule has 0 amide bonds. The molecule has 0 bridgehead atoms. The molecular weight excluding hydrogens is 544 g/mol. The van der Waals surface area contributed by atoms with Gasteiger partial charge in [0.2, 0.25) is 7.38 Å². The van der Waals surface area contributed by atoms with Crippen LogP contribution in [0.15, 0.2) is 36.4 Å². The first-order valence-electron chi connectivity index (χ1n) is 14.2. The summed E-state index contributed by atoms with van der Waals surface area (Å²) >= 11 is 8.50. The van der Waals surface area contributed by atoms with Gasteiger partial charge in [0.25, 0.3) is 0 Å². The van der Waals surface area contributed by atoms with Gasteiger partial charge in [-0.15, -0.1) is 11.1 Å². The normalized spacial score (nSPS) is 13.3. The standard InChI is InChI=1S/C33H51ClSi4/c1-22-16-28(35(7,8)9)19-31(25(22)4)38(34,32-20-29(36(10,11)12)17-23(2)26(32)5)33-21-30(37(13,14)15)18-24(3)27(33)6/h16-21H,1-15H3. The van der Waals surface area contributed by atoms with Gasteiger partial charge in [-0.05, 0) is 90.5 Å². The SMILES string of the molecule is Cc1cc([Si](C)(C)C)cc([Si](Cl)(c2cc([Si](C)(C)C)cc(C)c2C)c2cc([Si](C)(C)C)cc(C)c2C)c1C. The molecule has 0 saturated carbocycles. The molecule has 0 aliphatic rings. The number of benzene rings is 3. The summed E-state index contributed by atoms with van der Waals surface area (Å²) in [5.74, 6) is 0. The topological polar surface area (TPSA) is 0 Å². The summed E-state index contributed by atoms with van der Waals surface area (Å²) in [5.41, 5.74) is 8.26. The van der Waals surface area contributed by atoms with Gasteiger partial charge in [-0.3, -0.25) is 0 Å². The van der Waals surface area contributed by atoms with Gasteiger partial charge in [0.05, 0.1) is 24.2 Å². The Labute approximate surface area is 243 Å². The number of hydrogen-bond acceptors (Lipinski definition) is 0. The monoisotopic (exact) mass is 594 g/mol. The Balaban J connectivity index is 2.65. The molecular formula is C33H51ClSi4. The Kier molecular flexibility index (Phi) is 8.53. The predicted octanol–water partition coefficient (Wildman–Crippen LogP) is 6.38. The molecule has 0 N–H and O–H groups in total. The van der Waals surface area contributed by atoms with Gasteiger partial charge >= 0.3 is 0 Å². The Morgan fingerprint density at radius 2 is 0.605 bits per heavy atom. The zero-order valence-corrected chi connectivity index (χ0v) is 31.6. The first-order chi connectivity index (χ1) is 17.1. The summed E-state index contributed by atoms with van der Waals surface area (Å²) in [5, 5.41) is 8.75. The molecule has 0 heterocycles. The lowest BCUT2D eigenvalue weighted by Gasteiger charge is -2.36. The molecule has 3 rings (SSSR count). The number of halogens is 1. The van der Waals surface area contributed by atoms with Crippen LogP contribution in [0.4, 0.5) is 0 Å². The first-order valence-corrected chi connectivity index (χ1v) is 27.7. The van der Waals surface area contributed by atoms with Crippen molar-refractivity contribution >= 4 is 73.8 Å². The number of rotatable bonds is 6. The van der Waals surface area contributed by atoms with Crippen LogP contribution in [0.1, 0.15) is 33.4 Å². The van der Waals surface area contributed by atoms with Crippen molar-refractivity contribution in [3.63, 3.8) is 0 Å². The van der Waals surface area contributed by atoms with Gasteiger partial charge in [-0.1, -0.05) is 111 Å². The van der Waals surface area contributed by atoms with E-state index in [1.807, 2.05) is 0 Å². The summed E-state index contributed by atoms with van der Waals surface area (Å²) in [6.07, 6.45) is 0. The second kappa shape index (κ2) is 10.3. The Morgan fingerprint density at radius 3 is 0.789 bits per heavy atom. The van der Waals surface area contributed by atoms with Crippen LogP contribution in [-0.4, -0.2) is 31.6 Å². The molecule has 0 spiro atoms. The highest BCUT2D eigenvalue weighted by atomic mass is 35.6. The first kappa shape index (κ1) is 31.3. The van der Waals surface area contributed by atoms with Crippen LogP contribution < -0.4 is 31.1 Å². The fraction of sp³-hybridized carbons (Fsp3) is 0.455. The van der Waals surface area contributed by atoms with Gasteiger partial charge in [0.15, 0.2) is 0 Å². The molecule has 0 radical (unpaired) electrons. The van der Waals surface area contributed by atoms with E-state index in [1.165, 1.54) is 64.5 Å². The smallest absolute Gasteiger partial charge is 0.149 e. The van der Waals surface area contributed by atoms with E-state index in [2.05, 4.69) is 137 Å². The third kappa shape index (κ3) is 5.81. The van der Waals surface area contributed by atoms with Crippen molar-refractivity contribution < 1.29 is 0 Å². The molecule has 0 nitrogen and oxygen atoms in total. The van der Waals surface area contributed by atoms with Crippen LogP contribution in [0.2, 0.25) is 58.9 Å². The predicted molar refractivity (Wildman–Crippen MR) is 187 cm³/mol. The Bertz CT molecular complexity index is 1210. The van der Waals surface area contributed by atoms with Crippen molar-refractivity contribution in [1.29, 1.82) is 0 Å². The van der Waals surface area contributed by atoms with Crippen LogP contribution in [0.5, 0.6) is 0 Å². The molecule has 206 valence electrons. The number of hydrogen-bond donors (Lipinski definition) is 0. The molecule has 0 saturated heterocycles. The summed E-state index contributed by atoms with van der Waals surface area (Å²) in [6, 6.07) is 15.0. The quantitative estimate of drug-likeness (QED) is 0.176. The molecule has 0 unspecified atom stereocenters. The molecule has 3 aromatic rings. The van der Waals surface area contributed by atoms with Crippen LogP contribution in [0, 0.1) is 41.5 Å². The largest absolute Gasteiger partial charge is 0.248 e. The van der Waals surface area contributed by atoms with E-state index in [1.54, 1.807) is 0 Å². The van der Waals surface area contributed by atoms with Gasteiger partial charge in [0, 0.05) is 0 Å². The highest BCUT2D eigenvalue weighted by molar-refractivity contribution is 7.41. The van der Waals surface area contributed by atoms with E-state index in [0.717, 1.165) is 0 Å². The van der Waals surface area contributed by atoms with Crippen LogP contribution >= 0.6 is 11.1 Å². The zero-order chi connectivity index (χ0) is 29.2. The molecule has 3 aromatic carbocycles. The minimum Gasteiger partial charge on any atom is -0.149 e. The Morgan fingerprint density at radius 1 is 0.395 bits per heavy atom. The van der Waals surface area contributed by atoms with E-state index >= 15 is 0 Å². The van der Waals surface area contributed by atoms with E-state index in [0.29, 0.717) is 0 Å². The summed E-state index contributed by atoms with van der Waals surface area (Å²) < 4.78 is 0. The van der Waals surface area contributed by atoms with E-state index in [4.69, 9.17) is 11.1 Å². The van der Waals surface area contributed by atoms with Crippen molar-refractivity contribution in [2.45, 2.75) is 100 Å². The van der Waals surface area contributed by atoms with Crippen LogP contribution in [0.3, 0.4) is 0 Å². The maximum Gasteiger partial charge on any atom is 0.248 e. The average molecular weight is 596 g/mol. The molecule has 0 aromatic heterocycles. The fourth-order valence-corrected chi connectivity index (χ4v) is 15.3. The van der Waals surface area contributed by atoms with E-state index in [-0.39, 0.29) is 0 Å². The van der Waals surface area contributed by atoms with Gasteiger partial charge in [-0.25, -0.2) is 0 Å². The summed E-state index contributed by atoms with van der Waals surface area (Å²) in [4.78, 5) is 0. The van der Waals surface area contributed by atoms with Crippen molar-refractivity contribution in [1.82, 2.24) is 0 Å². The van der Waals surface area contributed by atoms with Crippen molar-refractivity contribution in [2.24, 2.45) is 0 Å². The highest BCUT2D eigenvalue weighted by Crippen LogP contribution is 2.23.